The van der Waals surface area contributed by atoms with Gasteiger partial charge >= 0.3 is 25.3 Å². The minimum atomic E-state index is -1.62. The number of alkyl carbamates (subject to hydrolysis) is 1. The smallest absolute Gasteiger partial charge is 0.457 e. The fourth-order valence-electron chi connectivity index (χ4n) is 4.96. The maximum Gasteiger partial charge on any atom is 0.457 e. The van der Waals surface area contributed by atoms with Crippen LogP contribution in [0.4, 0.5) is 9.59 Å². The van der Waals surface area contributed by atoms with Gasteiger partial charge in [0.05, 0.1) is 17.6 Å². The van der Waals surface area contributed by atoms with Gasteiger partial charge in [-0.05, 0) is 82.0 Å². The van der Waals surface area contributed by atoms with Crippen LogP contribution in [0.2, 0.25) is 6.32 Å². The first kappa shape index (κ1) is 35.6. The van der Waals surface area contributed by atoms with E-state index in [1.165, 1.54) is 4.90 Å². The summed E-state index contributed by atoms with van der Waals surface area (Å²) in [6, 6.07) is -0.724. The van der Waals surface area contributed by atoms with Crippen molar-refractivity contribution in [2.24, 2.45) is 0 Å². The van der Waals surface area contributed by atoms with E-state index in [9.17, 15) is 29.4 Å². The Kier molecular flexibility index (Phi) is 11.0. The van der Waals surface area contributed by atoms with E-state index >= 15 is 0 Å². The van der Waals surface area contributed by atoms with Gasteiger partial charge in [0, 0.05) is 19.0 Å². The Bertz CT molecular complexity index is 991. The maximum atomic E-state index is 13.2. The van der Waals surface area contributed by atoms with E-state index < -0.39 is 77.8 Å². The average Bonchev–Trinajstić information content (AvgIpc) is 3.22. The Balaban J connectivity index is 2.08. The van der Waals surface area contributed by atoms with E-state index in [0.717, 1.165) is 0 Å². The molecule has 3 amide bonds. The van der Waals surface area contributed by atoms with Crippen LogP contribution in [0.15, 0.2) is 0 Å². The number of amides is 3. The molecule has 0 saturated carbocycles. The van der Waals surface area contributed by atoms with Crippen LogP contribution < -0.4 is 10.6 Å². The van der Waals surface area contributed by atoms with Gasteiger partial charge in [-0.2, -0.15) is 0 Å². The van der Waals surface area contributed by atoms with Crippen molar-refractivity contribution in [3.63, 3.8) is 0 Å². The fourth-order valence-corrected chi connectivity index (χ4v) is 4.96. The summed E-state index contributed by atoms with van der Waals surface area (Å²) in [5, 5.41) is 25.4. The molecule has 2 heterocycles. The SMILES string of the molecule is CC(C)(C)OC(=O)NC(O)CC(=O)NC1CN(C(=O)OC(C)(C)C)C(CCCCB2OC(C)(C)C(C)(C)O2)(C(=O)O)C1. The number of hydrogen-bond donors (Lipinski definition) is 4. The van der Waals surface area contributed by atoms with E-state index in [2.05, 4.69) is 10.6 Å². The van der Waals surface area contributed by atoms with Crippen molar-refractivity contribution in [1.82, 2.24) is 15.5 Å². The number of likely N-dealkylation sites (tertiary alicyclic amines) is 1. The topological polar surface area (TPSA) is 173 Å². The Morgan fingerprint density at radius 2 is 1.52 bits per heavy atom. The van der Waals surface area contributed by atoms with Crippen LogP contribution >= 0.6 is 0 Å². The standard InChI is InChI=1S/C28H50BN3O10/c1-24(2,3)39-22(37)31-20(34)15-19(33)30-18-16-28(21(35)36,32(17-18)23(38)40-25(4,5)6)13-11-12-14-29-41-26(7,8)27(9,10)42-29/h18,20,34H,11-17H2,1-10H3,(H,30,33)(H,31,37)(H,35,36). The molecule has 0 aromatic heterocycles. The number of ether oxygens (including phenoxy) is 2. The summed E-state index contributed by atoms with van der Waals surface area (Å²) in [6.07, 6.45) is -2.03. The fraction of sp³-hybridized carbons (Fsp3) is 0.857. The number of carboxylic acid groups (broad SMARTS) is 1. The third-order valence-corrected chi connectivity index (χ3v) is 7.53. The molecule has 3 atom stereocenters. The van der Waals surface area contributed by atoms with Gasteiger partial charge in [-0.1, -0.05) is 12.8 Å². The van der Waals surface area contributed by atoms with Crippen LogP contribution in [0.25, 0.3) is 0 Å². The van der Waals surface area contributed by atoms with Gasteiger partial charge in [0.15, 0.2) is 0 Å². The molecule has 0 aromatic rings. The van der Waals surface area contributed by atoms with E-state index in [-0.39, 0.29) is 19.4 Å². The van der Waals surface area contributed by atoms with Crippen molar-refractivity contribution in [3.8, 4) is 0 Å². The lowest BCUT2D eigenvalue weighted by molar-refractivity contribution is -0.150. The molecule has 0 aromatic carbocycles. The first-order valence-electron chi connectivity index (χ1n) is 14.5. The summed E-state index contributed by atoms with van der Waals surface area (Å²) >= 11 is 0. The molecule has 0 bridgehead atoms. The summed E-state index contributed by atoms with van der Waals surface area (Å²) < 4.78 is 22.7. The minimum absolute atomic E-state index is 0.0562. The van der Waals surface area contributed by atoms with Gasteiger partial charge in [0.2, 0.25) is 5.91 Å². The molecule has 13 nitrogen and oxygen atoms in total. The lowest BCUT2D eigenvalue weighted by Crippen LogP contribution is -2.54. The van der Waals surface area contributed by atoms with E-state index in [4.69, 9.17) is 18.8 Å². The largest absolute Gasteiger partial charge is 0.479 e. The number of carbonyl (C=O) groups is 4. The van der Waals surface area contributed by atoms with Crippen LogP contribution in [0.1, 0.15) is 101 Å². The van der Waals surface area contributed by atoms with Gasteiger partial charge in [0.25, 0.3) is 0 Å². The van der Waals surface area contributed by atoms with Crippen LogP contribution in [0, 0.1) is 0 Å². The normalized spacial score (nSPS) is 24.2. The summed E-state index contributed by atoms with van der Waals surface area (Å²) in [6.45, 7) is 17.8. The summed E-state index contributed by atoms with van der Waals surface area (Å²) in [5.74, 6) is -1.83. The Hall–Kier alpha value is -2.58. The van der Waals surface area contributed by atoms with Crippen LogP contribution in [0.3, 0.4) is 0 Å². The van der Waals surface area contributed by atoms with Gasteiger partial charge in [-0.25, -0.2) is 14.4 Å². The van der Waals surface area contributed by atoms with Crippen molar-refractivity contribution in [2.45, 2.75) is 148 Å². The number of unbranched alkanes of at least 4 members (excludes halogenated alkanes) is 1. The first-order chi connectivity index (χ1) is 19.0. The van der Waals surface area contributed by atoms with Crippen molar-refractivity contribution in [2.75, 3.05) is 6.54 Å². The van der Waals surface area contributed by atoms with E-state index in [1.54, 1.807) is 41.5 Å². The van der Waals surface area contributed by atoms with Crippen molar-refractivity contribution in [1.29, 1.82) is 0 Å². The summed E-state index contributed by atoms with van der Waals surface area (Å²) in [7, 11) is -0.422. The number of nitrogens with zero attached hydrogens (tertiary/aromatic N) is 1. The van der Waals surface area contributed by atoms with Crippen molar-refractivity contribution >= 4 is 31.2 Å². The quantitative estimate of drug-likeness (QED) is 0.166. The molecular weight excluding hydrogens is 549 g/mol. The minimum Gasteiger partial charge on any atom is -0.479 e. The third kappa shape index (κ3) is 9.73. The van der Waals surface area contributed by atoms with Crippen molar-refractivity contribution in [3.05, 3.63) is 0 Å². The van der Waals surface area contributed by atoms with Crippen LogP contribution in [-0.4, -0.2) is 93.1 Å². The predicted octanol–water partition coefficient (Wildman–Crippen LogP) is 3.43. The lowest BCUT2D eigenvalue weighted by Gasteiger charge is -2.35. The highest BCUT2D eigenvalue weighted by molar-refractivity contribution is 6.45. The van der Waals surface area contributed by atoms with Crippen LogP contribution in [0.5, 0.6) is 0 Å². The average molecular weight is 600 g/mol. The van der Waals surface area contributed by atoms with Gasteiger partial charge in [-0.3, -0.25) is 15.0 Å². The number of carboxylic acids is 1. The molecule has 3 unspecified atom stereocenters. The second-order valence-electron chi connectivity index (χ2n) is 14.2. The third-order valence-electron chi connectivity index (χ3n) is 7.53. The Morgan fingerprint density at radius 3 is 2.02 bits per heavy atom. The second-order valence-corrected chi connectivity index (χ2v) is 14.2. The van der Waals surface area contributed by atoms with Crippen molar-refractivity contribution < 1.29 is 48.2 Å². The number of hydrogen-bond acceptors (Lipinski definition) is 9. The predicted molar refractivity (Wildman–Crippen MR) is 155 cm³/mol. The zero-order valence-electron chi connectivity index (χ0n) is 26.8. The van der Waals surface area contributed by atoms with Gasteiger partial charge in [-0.15, -0.1) is 0 Å². The molecule has 14 heteroatoms. The molecule has 0 aliphatic carbocycles. The highest BCUT2D eigenvalue weighted by Crippen LogP contribution is 2.39. The lowest BCUT2D eigenvalue weighted by atomic mass is 9.80. The number of aliphatic hydroxyl groups excluding tert-OH is 1. The molecule has 2 aliphatic heterocycles. The summed E-state index contributed by atoms with van der Waals surface area (Å²) in [4.78, 5) is 51.7. The van der Waals surface area contributed by atoms with E-state index in [0.29, 0.717) is 19.2 Å². The highest BCUT2D eigenvalue weighted by atomic mass is 16.7. The molecule has 0 spiro atoms. The molecular formula is C28H50BN3O10. The highest BCUT2D eigenvalue weighted by Gasteiger charge is 2.55. The number of nitrogens with one attached hydrogen (secondary N) is 2. The van der Waals surface area contributed by atoms with Crippen LogP contribution in [-0.2, 0) is 28.4 Å². The maximum absolute atomic E-state index is 13.2. The second kappa shape index (κ2) is 13.0. The molecule has 42 heavy (non-hydrogen) atoms. The number of aliphatic hydroxyl groups is 1. The molecule has 2 rings (SSSR count). The summed E-state index contributed by atoms with van der Waals surface area (Å²) in [5.41, 5.74) is -4.22. The molecule has 0 radical (unpaired) electrons. The first-order valence-corrected chi connectivity index (χ1v) is 14.5. The van der Waals surface area contributed by atoms with E-state index in [1.807, 2.05) is 27.7 Å². The molecule has 240 valence electrons. The number of rotatable bonds is 10. The zero-order chi connectivity index (χ0) is 32.3. The van der Waals surface area contributed by atoms with Gasteiger partial charge in [0.1, 0.15) is 23.0 Å². The molecule has 4 N–H and O–H groups in total. The Labute approximate surface area is 249 Å². The van der Waals surface area contributed by atoms with Gasteiger partial charge < -0.3 is 34.3 Å². The molecule has 2 fully saturated rings. The monoisotopic (exact) mass is 599 g/mol. The number of carbonyl (C=O) groups excluding carboxylic acids is 3. The number of aliphatic carboxylic acids is 1. The molecule has 2 aliphatic rings. The Morgan fingerprint density at radius 1 is 0.976 bits per heavy atom. The molecule has 2 saturated heterocycles. The zero-order valence-corrected chi connectivity index (χ0v) is 26.8.